The Labute approximate surface area is 136 Å². The average molecular weight is 332 g/mol. The summed E-state index contributed by atoms with van der Waals surface area (Å²) < 4.78 is 25.6. The molecule has 2 aromatic carbocycles. The van der Waals surface area contributed by atoms with Crippen LogP contribution in [0.4, 0.5) is 5.69 Å². The van der Waals surface area contributed by atoms with Gasteiger partial charge in [0.1, 0.15) is 0 Å². The van der Waals surface area contributed by atoms with E-state index in [0.717, 1.165) is 5.56 Å². The molecule has 23 heavy (non-hydrogen) atoms. The van der Waals surface area contributed by atoms with Crippen molar-refractivity contribution >= 4 is 21.6 Å². The number of carbonyl (C=O) groups excluding carboxylic acids is 1. The molecular weight excluding hydrogens is 312 g/mol. The van der Waals surface area contributed by atoms with Gasteiger partial charge in [0.05, 0.1) is 11.8 Å². The van der Waals surface area contributed by atoms with Crippen molar-refractivity contribution in [2.45, 2.75) is 19.9 Å². The van der Waals surface area contributed by atoms with Gasteiger partial charge in [0, 0.05) is 11.3 Å². The molecule has 0 radical (unpaired) electrons. The fourth-order valence-electron chi connectivity index (χ4n) is 2.08. The normalized spacial score (nSPS) is 12.4. The van der Waals surface area contributed by atoms with Gasteiger partial charge < -0.3 is 5.32 Å². The molecule has 0 aliphatic carbocycles. The molecule has 1 amide bonds. The number of hydrogen-bond donors (Lipinski definition) is 2. The van der Waals surface area contributed by atoms with Crippen LogP contribution in [0, 0.1) is 0 Å². The molecule has 0 aliphatic heterocycles. The Balaban J connectivity index is 2.11. The van der Waals surface area contributed by atoms with E-state index in [0.29, 0.717) is 11.3 Å². The Hall–Kier alpha value is -2.34. The minimum Gasteiger partial charge on any atom is -0.346 e. The van der Waals surface area contributed by atoms with Crippen LogP contribution in [0.15, 0.2) is 54.6 Å². The minimum atomic E-state index is -3.36. The van der Waals surface area contributed by atoms with E-state index < -0.39 is 10.0 Å². The van der Waals surface area contributed by atoms with Gasteiger partial charge in [0.25, 0.3) is 5.91 Å². The largest absolute Gasteiger partial charge is 0.346 e. The fourth-order valence-corrected chi connectivity index (χ4v) is 2.71. The van der Waals surface area contributed by atoms with Crippen molar-refractivity contribution in [1.29, 1.82) is 0 Å². The Morgan fingerprint density at radius 2 is 1.78 bits per heavy atom. The van der Waals surface area contributed by atoms with Crippen molar-refractivity contribution in [3.05, 3.63) is 65.7 Å². The number of nitrogens with one attached hydrogen (secondary N) is 2. The van der Waals surface area contributed by atoms with Crippen LogP contribution in [0.5, 0.6) is 0 Å². The lowest BCUT2D eigenvalue weighted by Crippen LogP contribution is -2.26. The van der Waals surface area contributed by atoms with Crippen molar-refractivity contribution in [1.82, 2.24) is 5.32 Å². The second-order valence-electron chi connectivity index (χ2n) is 5.19. The quantitative estimate of drug-likeness (QED) is 0.854. The zero-order valence-corrected chi connectivity index (χ0v) is 13.9. The highest BCUT2D eigenvalue weighted by molar-refractivity contribution is 7.92. The number of rotatable bonds is 6. The van der Waals surface area contributed by atoms with Crippen molar-refractivity contribution < 1.29 is 13.2 Å². The molecule has 2 N–H and O–H groups in total. The third kappa shape index (κ3) is 4.82. The van der Waals surface area contributed by atoms with Crippen LogP contribution in [-0.4, -0.2) is 20.1 Å². The maximum Gasteiger partial charge on any atom is 0.251 e. The number of sulfonamides is 1. The topological polar surface area (TPSA) is 75.3 Å². The smallest absolute Gasteiger partial charge is 0.251 e. The van der Waals surface area contributed by atoms with E-state index in [1.54, 1.807) is 25.1 Å². The van der Waals surface area contributed by atoms with Gasteiger partial charge >= 0.3 is 0 Å². The van der Waals surface area contributed by atoms with Gasteiger partial charge in [0.15, 0.2) is 0 Å². The van der Waals surface area contributed by atoms with Crippen LogP contribution in [0.1, 0.15) is 35.8 Å². The highest BCUT2D eigenvalue weighted by Crippen LogP contribution is 2.15. The van der Waals surface area contributed by atoms with E-state index in [1.807, 2.05) is 37.3 Å². The summed E-state index contributed by atoms with van der Waals surface area (Å²) in [5.74, 6) is -0.270. The third-order valence-corrected chi connectivity index (χ3v) is 4.73. The summed E-state index contributed by atoms with van der Waals surface area (Å²) in [6.07, 6.45) is 0. The number of anilines is 1. The van der Waals surface area contributed by atoms with Gasteiger partial charge in [-0.15, -0.1) is 0 Å². The molecule has 6 heteroatoms. The molecule has 0 saturated carbocycles. The number of carbonyl (C=O) groups is 1. The zero-order chi connectivity index (χ0) is 16.9. The Kier molecular flexibility index (Phi) is 5.39. The molecule has 0 fully saturated rings. The summed E-state index contributed by atoms with van der Waals surface area (Å²) in [5.41, 5.74) is 1.79. The lowest BCUT2D eigenvalue weighted by Gasteiger charge is -2.15. The number of hydrogen-bond acceptors (Lipinski definition) is 3. The molecule has 0 heterocycles. The maximum absolute atomic E-state index is 12.3. The predicted octanol–water partition coefficient (Wildman–Crippen LogP) is 2.94. The van der Waals surface area contributed by atoms with E-state index >= 15 is 0 Å². The summed E-state index contributed by atoms with van der Waals surface area (Å²) in [6, 6.07) is 15.9. The minimum absolute atomic E-state index is 0.0194. The van der Waals surface area contributed by atoms with Crippen molar-refractivity contribution in [3.63, 3.8) is 0 Å². The lowest BCUT2D eigenvalue weighted by atomic mass is 10.1. The fraction of sp³-hybridized carbons (Fsp3) is 0.235. The molecule has 0 aliphatic rings. The first-order valence-electron chi connectivity index (χ1n) is 7.37. The maximum atomic E-state index is 12.3. The summed E-state index contributed by atoms with van der Waals surface area (Å²) in [7, 11) is -3.36. The van der Waals surface area contributed by atoms with E-state index in [4.69, 9.17) is 0 Å². The molecule has 5 nitrogen and oxygen atoms in total. The molecule has 0 unspecified atom stereocenters. The number of amides is 1. The molecule has 0 bridgehead atoms. The molecule has 0 spiro atoms. The summed E-state index contributed by atoms with van der Waals surface area (Å²) in [5, 5.41) is 2.90. The van der Waals surface area contributed by atoms with Gasteiger partial charge in [-0.3, -0.25) is 9.52 Å². The highest BCUT2D eigenvalue weighted by Gasteiger charge is 2.13. The zero-order valence-electron chi connectivity index (χ0n) is 13.1. The predicted molar refractivity (Wildman–Crippen MR) is 91.8 cm³/mol. The van der Waals surface area contributed by atoms with Gasteiger partial charge in [-0.05, 0) is 37.6 Å². The van der Waals surface area contributed by atoms with Gasteiger partial charge in [-0.2, -0.15) is 0 Å². The first-order chi connectivity index (χ1) is 10.9. The summed E-state index contributed by atoms with van der Waals surface area (Å²) >= 11 is 0. The monoisotopic (exact) mass is 332 g/mol. The van der Waals surface area contributed by atoms with E-state index in [1.165, 1.54) is 6.07 Å². The SMILES string of the molecule is CCS(=O)(=O)Nc1cccc(C(=O)N[C@H](C)c2ccccc2)c1. The summed E-state index contributed by atoms with van der Waals surface area (Å²) in [6.45, 7) is 3.46. The average Bonchev–Trinajstić information content (AvgIpc) is 2.55. The molecule has 1 atom stereocenters. The van der Waals surface area contributed by atoms with E-state index in [9.17, 15) is 13.2 Å². The van der Waals surface area contributed by atoms with Crippen LogP contribution < -0.4 is 10.0 Å². The van der Waals surface area contributed by atoms with Crippen molar-refractivity contribution in [2.75, 3.05) is 10.5 Å². The van der Waals surface area contributed by atoms with Crippen molar-refractivity contribution in [2.24, 2.45) is 0 Å². The second kappa shape index (κ2) is 7.28. The van der Waals surface area contributed by atoms with Crippen LogP contribution in [0.25, 0.3) is 0 Å². The van der Waals surface area contributed by atoms with Crippen LogP contribution >= 0.6 is 0 Å². The van der Waals surface area contributed by atoms with Crippen LogP contribution in [0.2, 0.25) is 0 Å². The molecule has 2 rings (SSSR count). The molecular formula is C17H20N2O3S. The Bertz CT molecular complexity index is 773. The van der Waals surface area contributed by atoms with Gasteiger partial charge in [-0.1, -0.05) is 36.4 Å². The first kappa shape index (κ1) is 17.0. The van der Waals surface area contributed by atoms with E-state index in [2.05, 4.69) is 10.0 Å². The molecule has 2 aromatic rings. The lowest BCUT2D eigenvalue weighted by molar-refractivity contribution is 0.0940. The Morgan fingerprint density at radius 3 is 2.43 bits per heavy atom. The first-order valence-corrected chi connectivity index (χ1v) is 9.03. The second-order valence-corrected chi connectivity index (χ2v) is 7.20. The van der Waals surface area contributed by atoms with Crippen LogP contribution in [0.3, 0.4) is 0 Å². The molecule has 122 valence electrons. The van der Waals surface area contributed by atoms with Gasteiger partial charge in [0.2, 0.25) is 10.0 Å². The standard InChI is InChI=1S/C17H20N2O3S/c1-3-23(21,22)19-16-11-7-10-15(12-16)17(20)18-13(2)14-8-5-4-6-9-14/h4-13,19H,3H2,1-2H3,(H,18,20)/t13-/m1/s1. The van der Waals surface area contributed by atoms with E-state index in [-0.39, 0.29) is 17.7 Å². The van der Waals surface area contributed by atoms with Gasteiger partial charge in [-0.25, -0.2) is 8.42 Å². The number of benzene rings is 2. The third-order valence-electron chi connectivity index (χ3n) is 3.43. The molecule has 0 aromatic heterocycles. The van der Waals surface area contributed by atoms with Crippen molar-refractivity contribution in [3.8, 4) is 0 Å². The highest BCUT2D eigenvalue weighted by atomic mass is 32.2. The molecule has 0 saturated heterocycles. The van der Waals surface area contributed by atoms with Crippen LogP contribution in [-0.2, 0) is 10.0 Å². The Morgan fingerprint density at radius 1 is 1.09 bits per heavy atom. The summed E-state index contributed by atoms with van der Waals surface area (Å²) in [4.78, 5) is 12.3.